The molecule has 0 unspecified atom stereocenters. The minimum atomic E-state index is 0.535. The third kappa shape index (κ3) is 2.82. The minimum Gasteiger partial charge on any atom is -0.497 e. The molecule has 4 heteroatoms. The Hall–Kier alpha value is -1.89. The topological polar surface area (TPSA) is 62.3 Å². The number of nitrogen functional groups attached to an aromatic ring is 1. The van der Waals surface area contributed by atoms with E-state index in [0.717, 1.165) is 18.0 Å². The third-order valence-corrected chi connectivity index (χ3v) is 2.93. The summed E-state index contributed by atoms with van der Waals surface area (Å²) in [5, 5.41) is 8.69. The van der Waals surface area contributed by atoms with E-state index < -0.39 is 0 Å². The van der Waals surface area contributed by atoms with Gasteiger partial charge in [0.15, 0.2) is 0 Å². The van der Waals surface area contributed by atoms with Crippen LogP contribution >= 0.6 is 0 Å². The van der Waals surface area contributed by atoms with Crippen LogP contribution in [0.1, 0.15) is 19.3 Å². The number of nitrogens with zero attached hydrogens (tertiary/aromatic N) is 2. The van der Waals surface area contributed by atoms with Gasteiger partial charge in [0.1, 0.15) is 5.75 Å². The third-order valence-electron chi connectivity index (χ3n) is 2.93. The number of anilines is 2. The molecule has 4 nitrogen and oxygen atoms in total. The van der Waals surface area contributed by atoms with Crippen molar-refractivity contribution in [3.8, 4) is 11.8 Å². The van der Waals surface area contributed by atoms with Gasteiger partial charge in [-0.1, -0.05) is 0 Å². The molecule has 0 spiro atoms. The SMILES string of the molecule is COc1cc(N)cc(N(CCC#N)C2CC2)c1. The zero-order valence-corrected chi connectivity index (χ0v) is 10.0. The quantitative estimate of drug-likeness (QED) is 0.789. The standard InChI is InChI=1S/C13H17N3O/c1-17-13-8-10(15)7-12(9-13)16(6-2-5-14)11-3-4-11/h7-9,11H,2-4,6,15H2,1H3. The average molecular weight is 231 g/mol. The summed E-state index contributed by atoms with van der Waals surface area (Å²) in [6.45, 7) is 0.758. The molecule has 17 heavy (non-hydrogen) atoms. The summed E-state index contributed by atoms with van der Waals surface area (Å²) in [7, 11) is 1.63. The summed E-state index contributed by atoms with van der Waals surface area (Å²) < 4.78 is 5.22. The van der Waals surface area contributed by atoms with Gasteiger partial charge in [-0.15, -0.1) is 0 Å². The normalized spacial score (nSPS) is 14.1. The number of nitrogens with two attached hydrogens (primary N) is 1. The molecule has 0 saturated heterocycles. The van der Waals surface area contributed by atoms with Crippen molar-refractivity contribution in [1.29, 1.82) is 5.26 Å². The van der Waals surface area contributed by atoms with Gasteiger partial charge in [0.2, 0.25) is 0 Å². The number of methoxy groups -OCH3 is 1. The molecule has 1 aromatic rings. The van der Waals surface area contributed by atoms with Gasteiger partial charge in [-0.05, 0) is 18.9 Å². The molecule has 2 rings (SSSR count). The lowest BCUT2D eigenvalue weighted by Crippen LogP contribution is -2.26. The molecular weight excluding hydrogens is 214 g/mol. The van der Waals surface area contributed by atoms with Gasteiger partial charge < -0.3 is 15.4 Å². The zero-order valence-electron chi connectivity index (χ0n) is 10.0. The molecule has 2 N–H and O–H groups in total. The number of nitriles is 1. The van der Waals surface area contributed by atoms with Crippen LogP contribution in [0.5, 0.6) is 5.75 Å². The highest BCUT2D eigenvalue weighted by Gasteiger charge is 2.29. The molecule has 0 atom stereocenters. The summed E-state index contributed by atoms with van der Waals surface area (Å²) in [6.07, 6.45) is 2.93. The van der Waals surface area contributed by atoms with Gasteiger partial charge >= 0.3 is 0 Å². The molecular formula is C13H17N3O. The van der Waals surface area contributed by atoms with E-state index in [4.69, 9.17) is 15.7 Å². The first-order valence-electron chi connectivity index (χ1n) is 5.82. The van der Waals surface area contributed by atoms with E-state index in [0.29, 0.717) is 18.2 Å². The van der Waals surface area contributed by atoms with E-state index in [2.05, 4.69) is 11.0 Å². The highest BCUT2D eigenvalue weighted by atomic mass is 16.5. The number of hydrogen-bond donors (Lipinski definition) is 1. The van der Waals surface area contributed by atoms with E-state index in [-0.39, 0.29) is 0 Å². The van der Waals surface area contributed by atoms with E-state index in [1.807, 2.05) is 12.1 Å². The van der Waals surface area contributed by atoms with Crippen molar-refractivity contribution in [2.45, 2.75) is 25.3 Å². The maximum atomic E-state index is 8.69. The maximum Gasteiger partial charge on any atom is 0.122 e. The molecule has 0 amide bonds. The highest BCUT2D eigenvalue weighted by molar-refractivity contribution is 5.61. The van der Waals surface area contributed by atoms with Crippen LogP contribution in [-0.2, 0) is 0 Å². The molecule has 1 fully saturated rings. The van der Waals surface area contributed by atoms with Crippen molar-refractivity contribution >= 4 is 11.4 Å². The number of ether oxygens (including phenoxy) is 1. The van der Waals surface area contributed by atoms with E-state index in [1.165, 1.54) is 12.8 Å². The highest BCUT2D eigenvalue weighted by Crippen LogP contribution is 2.34. The predicted molar refractivity (Wildman–Crippen MR) is 68.0 cm³/mol. The first-order valence-corrected chi connectivity index (χ1v) is 5.82. The first kappa shape index (κ1) is 11.6. The van der Waals surface area contributed by atoms with Crippen LogP contribution in [0.15, 0.2) is 18.2 Å². The van der Waals surface area contributed by atoms with E-state index in [1.54, 1.807) is 13.2 Å². The Morgan fingerprint density at radius 3 is 2.82 bits per heavy atom. The van der Waals surface area contributed by atoms with Crippen molar-refractivity contribution < 1.29 is 4.74 Å². The zero-order chi connectivity index (χ0) is 12.3. The van der Waals surface area contributed by atoms with Crippen LogP contribution in [0.4, 0.5) is 11.4 Å². The summed E-state index contributed by atoms with van der Waals surface area (Å²) in [6, 6.07) is 8.48. The summed E-state index contributed by atoms with van der Waals surface area (Å²) in [5.41, 5.74) is 7.60. The Kier molecular flexibility index (Phi) is 3.38. The number of rotatable bonds is 5. The molecule has 1 aromatic carbocycles. The molecule has 90 valence electrons. The second kappa shape index (κ2) is 4.96. The van der Waals surface area contributed by atoms with Gasteiger partial charge in [-0.2, -0.15) is 5.26 Å². The fraction of sp³-hybridized carbons (Fsp3) is 0.462. The largest absolute Gasteiger partial charge is 0.497 e. The van der Waals surface area contributed by atoms with Gasteiger partial charge in [0.05, 0.1) is 19.6 Å². The lowest BCUT2D eigenvalue weighted by Gasteiger charge is -2.24. The minimum absolute atomic E-state index is 0.535. The Labute approximate surface area is 102 Å². The Morgan fingerprint density at radius 2 is 2.24 bits per heavy atom. The van der Waals surface area contributed by atoms with Crippen molar-refractivity contribution in [2.75, 3.05) is 24.3 Å². The van der Waals surface area contributed by atoms with Crippen molar-refractivity contribution in [2.24, 2.45) is 0 Å². The summed E-state index contributed by atoms with van der Waals surface area (Å²) in [4.78, 5) is 2.25. The van der Waals surface area contributed by atoms with Crippen LogP contribution < -0.4 is 15.4 Å². The first-order chi connectivity index (χ1) is 8.24. The molecule has 1 aliphatic rings. The van der Waals surface area contributed by atoms with Crippen LogP contribution in [0, 0.1) is 11.3 Å². The lowest BCUT2D eigenvalue weighted by atomic mass is 10.2. The number of benzene rings is 1. The second-order valence-electron chi connectivity index (χ2n) is 4.30. The second-order valence-corrected chi connectivity index (χ2v) is 4.30. The van der Waals surface area contributed by atoms with E-state index in [9.17, 15) is 0 Å². The molecule has 1 aliphatic carbocycles. The molecule has 0 aliphatic heterocycles. The average Bonchev–Trinajstić information content (AvgIpc) is 3.13. The monoisotopic (exact) mass is 231 g/mol. The molecule has 0 aromatic heterocycles. The molecule has 1 saturated carbocycles. The Morgan fingerprint density at radius 1 is 1.47 bits per heavy atom. The van der Waals surface area contributed by atoms with E-state index >= 15 is 0 Å². The number of hydrogen-bond acceptors (Lipinski definition) is 4. The smallest absolute Gasteiger partial charge is 0.122 e. The molecule has 0 radical (unpaired) electrons. The Balaban J connectivity index is 2.22. The Bertz CT molecular complexity index is 435. The van der Waals surface area contributed by atoms with Crippen LogP contribution in [0.25, 0.3) is 0 Å². The maximum absolute atomic E-state index is 8.69. The van der Waals surface area contributed by atoms with Crippen molar-refractivity contribution in [3.05, 3.63) is 18.2 Å². The molecule has 0 heterocycles. The lowest BCUT2D eigenvalue weighted by molar-refractivity contribution is 0.415. The van der Waals surface area contributed by atoms with Crippen LogP contribution in [0.3, 0.4) is 0 Å². The van der Waals surface area contributed by atoms with Gasteiger partial charge in [0, 0.05) is 36.1 Å². The van der Waals surface area contributed by atoms with Crippen molar-refractivity contribution in [1.82, 2.24) is 0 Å². The summed E-state index contributed by atoms with van der Waals surface area (Å²) >= 11 is 0. The predicted octanol–water partition coefficient (Wildman–Crippen LogP) is 2.16. The van der Waals surface area contributed by atoms with Gasteiger partial charge in [-0.3, -0.25) is 0 Å². The fourth-order valence-corrected chi connectivity index (χ4v) is 1.97. The van der Waals surface area contributed by atoms with Gasteiger partial charge in [-0.25, -0.2) is 0 Å². The van der Waals surface area contributed by atoms with Crippen LogP contribution in [-0.4, -0.2) is 19.7 Å². The van der Waals surface area contributed by atoms with Crippen molar-refractivity contribution in [3.63, 3.8) is 0 Å². The van der Waals surface area contributed by atoms with Crippen LogP contribution in [0.2, 0.25) is 0 Å². The summed E-state index contributed by atoms with van der Waals surface area (Å²) in [5.74, 6) is 0.766. The molecule has 0 bridgehead atoms. The fourth-order valence-electron chi connectivity index (χ4n) is 1.97. The van der Waals surface area contributed by atoms with Gasteiger partial charge in [0.25, 0.3) is 0 Å².